The summed E-state index contributed by atoms with van der Waals surface area (Å²) in [6.45, 7) is 5.86. The predicted octanol–water partition coefficient (Wildman–Crippen LogP) is 5.18. The summed E-state index contributed by atoms with van der Waals surface area (Å²) in [4.78, 5) is 0. The van der Waals surface area contributed by atoms with Gasteiger partial charge in [-0.05, 0) is 37.8 Å². The molecule has 0 N–H and O–H groups in total. The normalized spacial score (nSPS) is 14.7. The van der Waals surface area contributed by atoms with E-state index >= 15 is 0 Å². The number of rotatable bonds is 3. The van der Waals surface area contributed by atoms with E-state index in [0.29, 0.717) is 0 Å². The summed E-state index contributed by atoms with van der Waals surface area (Å²) >= 11 is 0. The van der Waals surface area contributed by atoms with Gasteiger partial charge in [0.1, 0.15) is 5.82 Å². The molecule has 0 aliphatic rings. The Kier molecular flexibility index (Phi) is 4.08. The molecule has 18 heavy (non-hydrogen) atoms. The van der Waals surface area contributed by atoms with Crippen molar-refractivity contribution in [2.24, 2.45) is 0 Å². The van der Waals surface area contributed by atoms with Crippen molar-refractivity contribution in [1.82, 2.24) is 0 Å². The smallest absolute Gasteiger partial charge is 0.207 e. The molecule has 102 valence electrons. The van der Waals surface area contributed by atoms with E-state index in [2.05, 4.69) is 0 Å². The third-order valence-corrected chi connectivity index (χ3v) is 3.56. The third-order valence-electron chi connectivity index (χ3n) is 3.56. The van der Waals surface area contributed by atoms with Crippen LogP contribution in [-0.2, 0) is 5.41 Å². The molecule has 0 aliphatic heterocycles. The quantitative estimate of drug-likeness (QED) is 0.658. The molecule has 0 aliphatic carbocycles. The van der Waals surface area contributed by atoms with E-state index in [4.69, 9.17) is 0 Å². The highest BCUT2D eigenvalue weighted by molar-refractivity contribution is 5.32. The minimum absolute atomic E-state index is 0.141. The van der Waals surface area contributed by atoms with Gasteiger partial charge in [-0.3, -0.25) is 0 Å². The molecule has 0 spiro atoms. The third kappa shape index (κ3) is 2.68. The first kappa shape index (κ1) is 15.0. The fourth-order valence-electron chi connectivity index (χ4n) is 1.73. The molecule has 0 heterocycles. The van der Waals surface area contributed by atoms with Crippen molar-refractivity contribution >= 4 is 0 Å². The van der Waals surface area contributed by atoms with Gasteiger partial charge in [-0.15, -0.1) is 0 Å². The van der Waals surface area contributed by atoms with Gasteiger partial charge < -0.3 is 0 Å². The van der Waals surface area contributed by atoms with Gasteiger partial charge in [0.2, 0.25) is 0 Å². The number of alkyl halides is 3. The first-order chi connectivity index (χ1) is 8.11. The lowest BCUT2D eigenvalue weighted by Gasteiger charge is -2.29. The van der Waals surface area contributed by atoms with Gasteiger partial charge >= 0.3 is 6.18 Å². The zero-order chi connectivity index (χ0) is 14.1. The van der Waals surface area contributed by atoms with Crippen LogP contribution in [0.3, 0.4) is 0 Å². The molecule has 1 atom stereocenters. The van der Waals surface area contributed by atoms with Gasteiger partial charge in [-0.25, -0.2) is 4.39 Å². The molecule has 0 bridgehead atoms. The largest absolute Gasteiger partial charge is 0.398 e. The molecular weight excluding hydrogens is 244 g/mol. The molecule has 0 saturated heterocycles. The Bertz CT molecular complexity index is 418. The van der Waals surface area contributed by atoms with E-state index in [0.717, 1.165) is 25.8 Å². The second-order valence-corrected chi connectivity index (χ2v) is 5.17. The Morgan fingerprint density at radius 2 is 1.72 bits per heavy atom. The molecule has 0 nitrogen and oxygen atoms in total. The van der Waals surface area contributed by atoms with Gasteiger partial charge in [-0.2, -0.15) is 13.2 Å². The van der Waals surface area contributed by atoms with Crippen LogP contribution < -0.4 is 0 Å². The summed E-state index contributed by atoms with van der Waals surface area (Å²) in [7, 11) is 0. The fraction of sp³-hybridized carbons (Fsp3) is 0.571. The Labute approximate surface area is 105 Å². The van der Waals surface area contributed by atoms with Crippen LogP contribution in [0, 0.1) is 5.82 Å². The van der Waals surface area contributed by atoms with Crippen molar-refractivity contribution in [3.63, 3.8) is 0 Å². The fourth-order valence-corrected chi connectivity index (χ4v) is 1.73. The molecule has 4 heteroatoms. The van der Waals surface area contributed by atoms with Crippen LogP contribution in [0.25, 0.3) is 0 Å². The highest BCUT2D eigenvalue weighted by atomic mass is 19.4. The van der Waals surface area contributed by atoms with Crippen LogP contribution >= 0.6 is 0 Å². The van der Waals surface area contributed by atoms with Gasteiger partial charge in [0.25, 0.3) is 0 Å². The van der Waals surface area contributed by atoms with Crippen LogP contribution in [0.5, 0.6) is 0 Å². The van der Waals surface area contributed by atoms with Crippen LogP contribution in [0.2, 0.25) is 0 Å². The SMILES string of the molecule is CCC(C)c1ccc(C(C)(C)C(F)(F)F)c(F)c1. The number of hydrogen-bond donors (Lipinski definition) is 0. The zero-order valence-electron chi connectivity index (χ0n) is 11.0. The van der Waals surface area contributed by atoms with Crippen LogP contribution in [0.15, 0.2) is 18.2 Å². The van der Waals surface area contributed by atoms with E-state index in [1.165, 1.54) is 12.1 Å². The average Bonchev–Trinajstić information content (AvgIpc) is 2.25. The molecule has 1 unspecified atom stereocenters. The lowest BCUT2D eigenvalue weighted by molar-refractivity contribution is -0.180. The van der Waals surface area contributed by atoms with E-state index in [1.807, 2.05) is 13.8 Å². The van der Waals surface area contributed by atoms with Gasteiger partial charge in [0.05, 0.1) is 5.41 Å². The van der Waals surface area contributed by atoms with Crippen molar-refractivity contribution in [3.8, 4) is 0 Å². The molecule has 0 fully saturated rings. The minimum Gasteiger partial charge on any atom is -0.207 e. The lowest BCUT2D eigenvalue weighted by atomic mass is 9.82. The van der Waals surface area contributed by atoms with Crippen molar-refractivity contribution in [2.45, 2.75) is 51.6 Å². The van der Waals surface area contributed by atoms with Gasteiger partial charge in [0.15, 0.2) is 0 Å². The summed E-state index contributed by atoms with van der Waals surface area (Å²) in [5.74, 6) is -0.641. The van der Waals surface area contributed by atoms with E-state index in [1.54, 1.807) is 6.07 Å². The number of hydrogen-bond acceptors (Lipinski definition) is 0. The lowest BCUT2D eigenvalue weighted by Crippen LogP contribution is -2.37. The maximum absolute atomic E-state index is 13.9. The first-order valence-electron chi connectivity index (χ1n) is 5.98. The number of benzene rings is 1. The summed E-state index contributed by atoms with van der Waals surface area (Å²) < 4.78 is 52.4. The molecule has 1 aromatic rings. The minimum atomic E-state index is -4.47. The molecule has 0 radical (unpaired) electrons. The van der Waals surface area contributed by atoms with Crippen LogP contribution in [0.1, 0.15) is 51.2 Å². The molecule has 1 rings (SSSR count). The van der Waals surface area contributed by atoms with Crippen molar-refractivity contribution in [3.05, 3.63) is 35.1 Å². The standard InChI is InChI=1S/C14H18F4/c1-5-9(2)10-6-7-11(12(15)8-10)13(3,4)14(16,17)18/h6-9H,5H2,1-4H3. The Balaban J connectivity index is 3.22. The molecule has 1 aromatic carbocycles. The predicted molar refractivity (Wildman–Crippen MR) is 64.2 cm³/mol. The Morgan fingerprint density at radius 3 is 2.11 bits per heavy atom. The second-order valence-electron chi connectivity index (χ2n) is 5.17. The summed E-state index contributed by atoms with van der Waals surface area (Å²) in [6.07, 6.45) is -3.65. The summed E-state index contributed by atoms with van der Waals surface area (Å²) in [5, 5.41) is 0. The maximum atomic E-state index is 13.9. The van der Waals surface area contributed by atoms with E-state index < -0.39 is 17.4 Å². The highest BCUT2D eigenvalue weighted by Crippen LogP contribution is 2.41. The van der Waals surface area contributed by atoms with Gasteiger partial charge in [-0.1, -0.05) is 26.0 Å². The van der Waals surface area contributed by atoms with E-state index in [9.17, 15) is 17.6 Å². The van der Waals surface area contributed by atoms with Crippen LogP contribution in [-0.4, -0.2) is 6.18 Å². The summed E-state index contributed by atoms with van der Waals surface area (Å²) in [5.41, 5.74) is -1.75. The van der Waals surface area contributed by atoms with Gasteiger partial charge in [0, 0.05) is 5.56 Å². The zero-order valence-corrected chi connectivity index (χ0v) is 11.0. The Morgan fingerprint density at radius 1 is 1.17 bits per heavy atom. The van der Waals surface area contributed by atoms with Crippen LogP contribution in [0.4, 0.5) is 17.6 Å². The molecule has 0 saturated carbocycles. The average molecular weight is 262 g/mol. The van der Waals surface area contributed by atoms with Crippen molar-refractivity contribution < 1.29 is 17.6 Å². The molecular formula is C14H18F4. The van der Waals surface area contributed by atoms with Crippen molar-refractivity contribution in [1.29, 1.82) is 0 Å². The first-order valence-corrected chi connectivity index (χ1v) is 5.98. The maximum Gasteiger partial charge on any atom is 0.398 e. The topological polar surface area (TPSA) is 0 Å². The van der Waals surface area contributed by atoms with E-state index in [-0.39, 0.29) is 11.5 Å². The summed E-state index contributed by atoms with van der Waals surface area (Å²) in [6, 6.07) is 4.06. The van der Waals surface area contributed by atoms with Crippen molar-refractivity contribution in [2.75, 3.05) is 0 Å². The molecule has 0 aromatic heterocycles. The molecule has 0 amide bonds. The number of halogens is 4. The second kappa shape index (κ2) is 4.90. The Hall–Kier alpha value is -1.06. The monoisotopic (exact) mass is 262 g/mol. The highest BCUT2D eigenvalue weighted by Gasteiger charge is 2.49.